The molecular formula is C23H20F4N4O4S. The molecule has 2 heterocycles. The zero-order chi connectivity index (χ0) is 26.1. The van der Waals surface area contributed by atoms with E-state index in [0.29, 0.717) is 12.0 Å². The predicted octanol–water partition coefficient (Wildman–Crippen LogP) is 3.79. The maximum atomic E-state index is 15.0. The number of anilines is 1. The maximum Gasteiger partial charge on any atom is 0.490 e. The van der Waals surface area contributed by atoms with Gasteiger partial charge in [-0.25, -0.2) is 27.6 Å². The van der Waals surface area contributed by atoms with E-state index in [1.165, 1.54) is 48.8 Å². The van der Waals surface area contributed by atoms with Gasteiger partial charge in [-0.3, -0.25) is 0 Å². The second kappa shape index (κ2) is 9.82. The number of hydrogen-bond acceptors (Lipinski definition) is 7. The van der Waals surface area contributed by atoms with Crippen LogP contribution in [0.1, 0.15) is 12.8 Å². The van der Waals surface area contributed by atoms with Crippen LogP contribution in [0, 0.1) is 5.82 Å². The Bertz CT molecular complexity index is 1380. The van der Waals surface area contributed by atoms with Gasteiger partial charge in [0.1, 0.15) is 12.4 Å². The molecule has 13 heteroatoms. The predicted molar refractivity (Wildman–Crippen MR) is 121 cm³/mol. The number of hydrogen-bond donors (Lipinski definition) is 1. The number of benzene rings is 2. The lowest BCUT2D eigenvalue weighted by Crippen LogP contribution is -2.40. The van der Waals surface area contributed by atoms with Crippen LogP contribution in [0.5, 0.6) is 0 Å². The van der Waals surface area contributed by atoms with Crippen LogP contribution >= 0.6 is 0 Å². The Morgan fingerprint density at radius 1 is 1.08 bits per heavy atom. The molecule has 36 heavy (non-hydrogen) atoms. The molecule has 0 amide bonds. The molecular weight excluding hydrogens is 504 g/mol. The van der Waals surface area contributed by atoms with Crippen LogP contribution in [0.2, 0.25) is 0 Å². The molecule has 0 spiro atoms. The van der Waals surface area contributed by atoms with Gasteiger partial charge in [0.2, 0.25) is 16.0 Å². The van der Waals surface area contributed by atoms with Crippen LogP contribution in [0.15, 0.2) is 59.8 Å². The summed E-state index contributed by atoms with van der Waals surface area (Å²) in [5.41, 5.74) is 6.50. The van der Waals surface area contributed by atoms with Gasteiger partial charge in [-0.05, 0) is 30.5 Å². The van der Waals surface area contributed by atoms with E-state index in [2.05, 4.69) is 14.7 Å². The van der Waals surface area contributed by atoms with Crippen molar-refractivity contribution in [2.45, 2.75) is 30.0 Å². The Hall–Kier alpha value is -3.58. The largest absolute Gasteiger partial charge is 0.490 e. The molecule has 1 atom stereocenters. The minimum absolute atomic E-state index is 0.0308. The van der Waals surface area contributed by atoms with Crippen LogP contribution < -0.4 is 5.73 Å². The minimum Gasteiger partial charge on any atom is -0.457 e. The summed E-state index contributed by atoms with van der Waals surface area (Å²) in [6.07, 6.45) is -1.86. The zero-order valence-corrected chi connectivity index (χ0v) is 19.4. The molecule has 0 saturated carbocycles. The number of alkyl halides is 3. The molecule has 0 radical (unpaired) electrons. The number of nitrogens with two attached hydrogens (primary N) is 1. The molecule has 3 aromatic rings. The first-order valence-corrected chi connectivity index (χ1v) is 12.1. The van der Waals surface area contributed by atoms with Gasteiger partial charge in [-0.15, -0.1) is 0 Å². The summed E-state index contributed by atoms with van der Waals surface area (Å²) < 4.78 is 84.9. The minimum atomic E-state index is -5.18. The van der Waals surface area contributed by atoms with E-state index in [-0.39, 0.29) is 40.5 Å². The zero-order valence-electron chi connectivity index (χ0n) is 18.6. The summed E-state index contributed by atoms with van der Waals surface area (Å²) in [7, 11) is -4.23. The van der Waals surface area contributed by atoms with Crippen molar-refractivity contribution >= 4 is 21.9 Å². The van der Waals surface area contributed by atoms with E-state index in [0.717, 1.165) is 4.31 Å². The highest BCUT2D eigenvalue weighted by molar-refractivity contribution is 7.89. The summed E-state index contributed by atoms with van der Waals surface area (Å²) in [4.78, 5) is 18.6. The molecule has 1 aliphatic heterocycles. The topological polar surface area (TPSA) is 115 Å². The Morgan fingerprint density at radius 2 is 1.78 bits per heavy atom. The summed E-state index contributed by atoms with van der Waals surface area (Å²) >= 11 is 0. The van der Waals surface area contributed by atoms with Crippen LogP contribution in [0.25, 0.3) is 22.3 Å². The van der Waals surface area contributed by atoms with Gasteiger partial charge in [0.15, 0.2) is 0 Å². The second-order valence-corrected chi connectivity index (χ2v) is 9.89. The molecule has 2 N–H and O–H groups in total. The lowest BCUT2D eigenvalue weighted by molar-refractivity contribution is -0.200. The van der Waals surface area contributed by atoms with Gasteiger partial charge in [-0.2, -0.15) is 17.5 Å². The summed E-state index contributed by atoms with van der Waals surface area (Å²) in [6, 6.07) is 9.12. The smallest absolute Gasteiger partial charge is 0.457 e. The number of carbonyl (C=O) groups excluding carboxylic acids is 1. The lowest BCUT2D eigenvalue weighted by atomic mass is 10.0. The van der Waals surface area contributed by atoms with Crippen molar-refractivity contribution < 1.29 is 35.5 Å². The Kier molecular flexibility index (Phi) is 6.96. The first-order valence-electron chi connectivity index (χ1n) is 10.7. The van der Waals surface area contributed by atoms with Crippen molar-refractivity contribution in [3.63, 3.8) is 0 Å². The monoisotopic (exact) mass is 524 g/mol. The fourth-order valence-electron chi connectivity index (χ4n) is 4.00. The van der Waals surface area contributed by atoms with Gasteiger partial charge in [-0.1, -0.05) is 30.3 Å². The Labute approximate surface area is 203 Å². The third kappa shape index (κ3) is 5.16. The Balaban J connectivity index is 1.64. The quantitative estimate of drug-likeness (QED) is 0.385. The van der Waals surface area contributed by atoms with Crippen molar-refractivity contribution in [2.24, 2.45) is 0 Å². The van der Waals surface area contributed by atoms with Crippen LogP contribution in [-0.4, -0.2) is 54.0 Å². The first kappa shape index (κ1) is 25.5. The van der Waals surface area contributed by atoms with E-state index in [1.54, 1.807) is 6.07 Å². The molecule has 1 saturated heterocycles. The summed E-state index contributed by atoms with van der Waals surface area (Å²) in [5, 5.41) is 0. The van der Waals surface area contributed by atoms with Gasteiger partial charge < -0.3 is 10.5 Å². The number of nitrogens with zero attached hydrogens (tertiary/aromatic N) is 3. The number of esters is 1. The van der Waals surface area contributed by atoms with Gasteiger partial charge in [0, 0.05) is 35.6 Å². The van der Waals surface area contributed by atoms with Gasteiger partial charge in [0.25, 0.3) is 0 Å². The van der Waals surface area contributed by atoms with E-state index >= 15 is 0 Å². The van der Waals surface area contributed by atoms with Crippen LogP contribution in [0.3, 0.4) is 0 Å². The van der Waals surface area contributed by atoms with E-state index in [1.807, 2.05) is 0 Å². The molecule has 0 aliphatic carbocycles. The maximum absolute atomic E-state index is 15.0. The molecule has 4 rings (SSSR count). The molecule has 0 bridgehead atoms. The summed E-state index contributed by atoms with van der Waals surface area (Å²) in [5.74, 6) is -3.00. The van der Waals surface area contributed by atoms with Crippen molar-refractivity contribution in [3.8, 4) is 22.3 Å². The second-order valence-electron chi connectivity index (χ2n) is 8.03. The molecule has 8 nitrogen and oxygen atoms in total. The third-order valence-corrected chi connectivity index (χ3v) is 7.71. The molecule has 1 aromatic heterocycles. The SMILES string of the molecule is Nc1ncc(-c2ccc(-c3ccccc3S(=O)(=O)N3CCC[C@@H]3COC(=O)C(F)(F)F)cc2F)cn1. The molecule has 1 fully saturated rings. The standard InChI is InChI=1S/C23H20F4N4O4S/c24-19-10-14(7-8-17(19)15-11-29-22(28)30-12-15)18-5-1-2-6-20(18)36(33,34)31-9-3-4-16(31)13-35-21(32)23(25,26)27/h1-2,5-8,10-12,16H,3-4,9,13H2,(H2,28,29,30)/t16-/m1/s1. The highest BCUT2D eigenvalue weighted by atomic mass is 32.2. The van der Waals surface area contributed by atoms with Crippen molar-refractivity contribution in [1.29, 1.82) is 0 Å². The lowest BCUT2D eigenvalue weighted by Gasteiger charge is -2.25. The first-order chi connectivity index (χ1) is 17.0. The number of carbonyl (C=O) groups is 1. The van der Waals surface area contributed by atoms with Crippen LogP contribution in [-0.2, 0) is 19.6 Å². The van der Waals surface area contributed by atoms with Gasteiger partial charge >= 0.3 is 12.1 Å². The van der Waals surface area contributed by atoms with E-state index < -0.39 is 40.6 Å². The highest BCUT2D eigenvalue weighted by Gasteiger charge is 2.43. The number of rotatable bonds is 6. The van der Waals surface area contributed by atoms with Crippen molar-refractivity contribution in [2.75, 3.05) is 18.9 Å². The number of aromatic nitrogens is 2. The number of sulfonamides is 1. The fourth-order valence-corrected chi connectivity index (χ4v) is 5.89. The molecule has 190 valence electrons. The number of halogens is 4. The fraction of sp³-hybridized carbons (Fsp3) is 0.261. The van der Waals surface area contributed by atoms with Crippen molar-refractivity contribution in [1.82, 2.24) is 14.3 Å². The van der Waals surface area contributed by atoms with E-state index in [9.17, 15) is 30.8 Å². The average molecular weight is 524 g/mol. The average Bonchev–Trinajstić information content (AvgIpc) is 3.32. The molecule has 0 unspecified atom stereocenters. The highest BCUT2D eigenvalue weighted by Crippen LogP contribution is 2.35. The van der Waals surface area contributed by atoms with Crippen LogP contribution in [0.4, 0.5) is 23.5 Å². The Morgan fingerprint density at radius 3 is 2.44 bits per heavy atom. The number of nitrogen functional groups attached to an aromatic ring is 1. The van der Waals surface area contributed by atoms with E-state index in [4.69, 9.17) is 5.73 Å². The van der Waals surface area contributed by atoms with Gasteiger partial charge in [0.05, 0.1) is 10.9 Å². The summed E-state index contributed by atoms with van der Waals surface area (Å²) in [6.45, 7) is -0.692. The van der Waals surface area contributed by atoms with Crippen molar-refractivity contribution in [3.05, 3.63) is 60.7 Å². The molecule has 2 aromatic carbocycles. The third-order valence-electron chi connectivity index (χ3n) is 5.70. The number of ether oxygens (including phenoxy) is 1. The normalized spacial score (nSPS) is 16.7. The molecule has 1 aliphatic rings.